The molecule has 0 aromatic rings. The first-order chi connectivity index (χ1) is 9.06. The summed E-state index contributed by atoms with van der Waals surface area (Å²) in [5, 5.41) is 6.90. The Morgan fingerprint density at radius 2 is 1.89 bits per heavy atom. The van der Waals surface area contributed by atoms with E-state index in [0.717, 1.165) is 11.9 Å². The van der Waals surface area contributed by atoms with E-state index in [1.165, 1.54) is 32.1 Å². The van der Waals surface area contributed by atoms with Crippen LogP contribution in [0.4, 0.5) is 0 Å². The number of carbonyl (C=O) groups is 1. The van der Waals surface area contributed by atoms with Crippen molar-refractivity contribution in [3.8, 4) is 0 Å². The van der Waals surface area contributed by atoms with Crippen LogP contribution in [0.25, 0.3) is 0 Å². The van der Waals surface area contributed by atoms with Crippen molar-refractivity contribution >= 4 is 11.9 Å². The number of nitrogens with zero attached hydrogens (tertiary/aromatic N) is 2. The lowest BCUT2D eigenvalue weighted by Gasteiger charge is -2.17. The van der Waals surface area contributed by atoms with Gasteiger partial charge in [0.1, 0.15) is 6.54 Å². The van der Waals surface area contributed by atoms with Crippen LogP contribution in [0.2, 0.25) is 0 Å². The second-order valence-corrected chi connectivity index (χ2v) is 6.04. The van der Waals surface area contributed by atoms with E-state index in [9.17, 15) is 4.79 Å². The number of carbonyl (C=O) groups excluding carboxylic acids is 1. The van der Waals surface area contributed by atoms with Crippen molar-refractivity contribution < 1.29 is 4.79 Å². The van der Waals surface area contributed by atoms with Gasteiger partial charge in [-0.15, -0.1) is 0 Å². The van der Waals surface area contributed by atoms with Gasteiger partial charge in [0.15, 0.2) is 5.96 Å². The van der Waals surface area contributed by atoms with Gasteiger partial charge in [-0.1, -0.05) is 19.8 Å². The summed E-state index contributed by atoms with van der Waals surface area (Å²) in [6.07, 6.45) is 6.21. The number of aliphatic imine (C=N–C) groups is 1. The Hall–Kier alpha value is -1.26. The van der Waals surface area contributed by atoms with Crippen LogP contribution in [0.15, 0.2) is 4.99 Å². The van der Waals surface area contributed by atoms with Gasteiger partial charge in [-0.05, 0) is 25.2 Å². The van der Waals surface area contributed by atoms with Crippen LogP contribution in [0.3, 0.4) is 0 Å². The minimum Gasteiger partial charge on any atom is -0.354 e. The number of amides is 1. The Morgan fingerprint density at radius 3 is 2.42 bits per heavy atom. The minimum absolute atomic E-state index is 0.0383. The fourth-order valence-electron chi connectivity index (χ4n) is 2.38. The Bertz CT molecular complexity index is 347. The Labute approximate surface area is 115 Å². The summed E-state index contributed by atoms with van der Waals surface area (Å²) in [5.74, 6) is 1.58. The molecule has 0 saturated heterocycles. The highest BCUT2D eigenvalue weighted by molar-refractivity contribution is 5.85. The summed E-state index contributed by atoms with van der Waals surface area (Å²) in [6, 6.07) is 1.05. The molecule has 0 aliphatic heterocycles. The fraction of sp³-hybridized carbons (Fsp3) is 0.857. The third-order valence-corrected chi connectivity index (χ3v) is 4.00. The smallest absolute Gasteiger partial charge is 0.243 e. The highest BCUT2D eigenvalue weighted by atomic mass is 16.2. The van der Waals surface area contributed by atoms with E-state index in [2.05, 4.69) is 22.5 Å². The lowest BCUT2D eigenvalue weighted by Crippen LogP contribution is -2.44. The number of hydrogen-bond acceptors (Lipinski definition) is 2. The number of likely N-dealkylation sites (N-methyl/N-ethyl adjacent to an activating group) is 1. The molecule has 2 saturated carbocycles. The zero-order valence-corrected chi connectivity index (χ0v) is 12.3. The second-order valence-electron chi connectivity index (χ2n) is 6.04. The quantitative estimate of drug-likeness (QED) is 0.589. The van der Waals surface area contributed by atoms with Gasteiger partial charge in [-0.3, -0.25) is 4.79 Å². The van der Waals surface area contributed by atoms with Gasteiger partial charge in [-0.25, -0.2) is 4.99 Å². The van der Waals surface area contributed by atoms with E-state index in [1.54, 1.807) is 19.0 Å². The van der Waals surface area contributed by atoms with Crippen molar-refractivity contribution in [2.75, 3.05) is 20.6 Å². The lowest BCUT2D eigenvalue weighted by molar-refractivity contribution is -0.127. The van der Waals surface area contributed by atoms with E-state index in [0.29, 0.717) is 12.1 Å². The van der Waals surface area contributed by atoms with Gasteiger partial charge >= 0.3 is 0 Å². The van der Waals surface area contributed by atoms with E-state index in [-0.39, 0.29) is 12.5 Å². The third-order valence-electron chi connectivity index (χ3n) is 4.00. The molecule has 0 aromatic carbocycles. The summed E-state index contributed by atoms with van der Waals surface area (Å²) < 4.78 is 0. The molecule has 2 aliphatic rings. The number of guanidine groups is 1. The van der Waals surface area contributed by atoms with Gasteiger partial charge in [-0.2, -0.15) is 0 Å². The Morgan fingerprint density at radius 1 is 1.26 bits per heavy atom. The Kier molecular flexibility index (Phi) is 4.66. The molecular formula is C14H26N4O. The summed E-state index contributed by atoms with van der Waals surface area (Å²) in [6.45, 7) is 2.45. The predicted octanol–water partition coefficient (Wildman–Crippen LogP) is 0.961. The van der Waals surface area contributed by atoms with Crippen molar-refractivity contribution in [3.63, 3.8) is 0 Å². The first-order valence-electron chi connectivity index (χ1n) is 7.34. The molecule has 0 aromatic heterocycles. The van der Waals surface area contributed by atoms with E-state index < -0.39 is 0 Å². The SMILES string of the molecule is CC1CC1NC(=NCC(=O)N(C)C)NC1CCCC1. The molecule has 5 nitrogen and oxygen atoms in total. The minimum atomic E-state index is 0.0383. The largest absolute Gasteiger partial charge is 0.354 e. The van der Waals surface area contributed by atoms with Crippen molar-refractivity contribution in [2.24, 2.45) is 10.9 Å². The highest BCUT2D eigenvalue weighted by Gasteiger charge is 2.33. The van der Waals surface area contributed by atoms with E-state index in [1.807, 2.05) is 0 Å². The molecule has 2 N–H and O–H groups in total. The summed E-state index contributed by atoms with van der Waals surface area (Å²) in [7, 11) is 3.52. The number of hydrogen-bond donors (Lipinski definition) is 2. The standard InChI is InChI=1S/C14H26N4O/c1-10-8-12(10)17-14(15-9-13(19)18(2)3)16-11-6-4-5-7-11/h10-12H,4-9H2,1-3H3,(H2,15,16,17). The molecule has 5 heteroatoms. The monoisotopic (exact) mass is 266 g/mol. The zero-order chi connectivity index (χ0) is 13.8. The second kappa shape index (κ2) is 6.26. The van der Waals surface area contributed by atoms with Crippen molar-refractivity contribution in [2.45, 2.75) is 51.1 Å². The third kappa shape index (κ3) is 4.40. The van der Waals surface area contributed by atoms with Crippen LogP contribution >= 0.6 is 0 Å². The van der Waals surface area contributed by atoms with Gasteiger partial charge in [0.05, 0.1) is 0 Å². The Balaban J connectivity index is 1.88. The first kappa shape index (κ1) is 14.2. The first-order valence-corrected chi connectivity index (χ1v) is 7.34. The van der Waals surface area contributed by atoms with Crippen molar-refractivity contribution in [1.29, 1.82) is 0 Å². The maximum absolute atomic E-state index is 11.6. The normalized spacial score (nSPS) is 27.2. The fourth-order valence-corrected chi connectivity index (χ4v) is 2.38. The van der Waals surface area contributed by atoms with Crippen LogP contribution < -0.4 is 10.6 Å². The molecule has 0 spiro atoms. The van der Waals surface area contributed by atoms with Crippen LogP contribution in [-0.4, -0.2) is 49.5 Å². The molecule has 2 rings (SSSR count). The predicted molar refractivity (Wildman–Crippen MR) is 77.1 cm³/mol. The number of rotatable bonds is 4. The maximum atomic E-state index is 11.6. The van der Waals surface area contributed by atoms with Crippen LogP contribution in [0.1, 0.15) is 39.0 Å². The average molecular weight is 266 g/mol. The molecule has 108 valence electrons. The highest BCUT2D eigenvalue weighted by Crippen LogP contribution is 2.29. The molecular weight excluding hydrogens is 240 g/mol. The van der Waals surface area contributed by atoms with Crippen molar-refractivity contribution in [1.82, 2.24) is 15.5 Å². The van der Waals surface area contributed by atoms with Crippen molar-refractivity contribution in [3.05, 3.63) is 0 Å². The molecule has 0 heterocycles. The maximum Gasteiger partial charge on any atom is 0.243 e. The molecule has 19 heavy (non-hydrogen) atoms. The van der Waals surface area contributed by atoms with E-state index >= 15 is 0 Å². The van der Waals surface area contributed by atoms with Gasteiger partial charge in [0.25, 0.3) is 0 Å². The van der Waals surface area contributed by atoms with Crippen LogP contribution in [0, 0.1) is 5.92 Å². The van der Waals surface area contributed by atoms with Crippen LogP contribution in [0.5, 0.6) is 0 Å². The molecule has 0 radical (unpaired) electrons. The van der Waals surface area contributed by atoms with E-state index in [4.69, 9.17) is 0 Å². The zero-order valence-electron chi connectivity index (χ0n) is 12.3. The molecule has 2 atom stereocenters. The van der Waals surface area contributed by atoms with Crippen LogP contribution in [-0.2, 0) is 4.79 Å². The number of nitrogens with one attached hydrogen (secondary N) is 2. The summed E-state index contributed by atoms with van der Waals surface area (Å²) in [5.41, 5.74) is 0. The molecule has 2 aliphatic carbocycles. The average Bonchev–Trinajstić information content (AvgIpc) is 2.85. The van der Waals surface area contributed by atoms with Gasteiger partial charge in [0, 0.05) is 26.2 Å². The molecule has 0 bridgehead atoms. The molecule has 2 unspecified atom stereocenters. The molecule has 1 amide bonds. The topological polar surface area (TPSA) is 56.7 Å². The summed E-state index contributed by atoms with van der Waals surface area (Å²) >= 11 is 0. The van der Waals surface area contributed by atoms with Gasteiger partial charge in [0.2, 0.25) is 5.91 Å². The summed E-state index contributed by atoms with van der Waals surface area (Å²) in [4.78, 5) is 17.6. The van der Waals surface area contributed by atoms with Gasteiger partial charge < -0.3 is 15.5 Å². The molecule has 2 fully saturated rings. The lowest BCUT2D eigenvalue weighted by atomic mass is 10.2.